The topological polar surface area (TPSA) is 29.5 Å². The number of para-hydroxylation sites is 1. The van der Waals surface area contributed by atoms with Crippen LogP contribution in [0.3, 0.4) is 0 Å². The Kier molecular flexibility index (Phi) is 9.14. The average molecular weight is 278 g/mol. The fourth-order valence-electron chi connectivity index (χ4n) is 2.57. The molecule has 114 valence electrons. The molecule has 0 aromatic heterocycles. The molecule has 0 saturated carbocycles. The highest BCUT2D eigenvalue weighted by Crippen LogP contribution is 2.28. The summed E-state index contributed by atoms with van der Waals surface area (Å²) in [6.45, 7) is 2.25. The van der Waals surface area contributed by atoms with Crippen molar-refractivity contribution in [2.45, 2.75) is 70.8 Å². The lowest BCUT2D eigenvalue weighted by atomic mass is 10.0. The lowest BCUT2D eigenvalue weighted by Gasteiger charge is -2.14. The molecule has 1 unspecified atom stereocenters. The van der Waals surface area contributed by atoms with Crippen molar-refractivity contribution < 1.29 is 9.84 Å². The van der Waals surface area contributed by atoms with Crippen LogP contribution in [0.4, 0.5) is 0 Å². The lowest BCUT2D eigenvalue weighted by molar-refractivity contribution is 0.159. The van der Waals surface area contributed by atoms with Gasteiger partial charge in [-0.1, -0.05) is 76.5 Å². The van der Waals surface area contributed by atoms with E-state index >= 15 is 0 Å². The minimum atomic E-state index is -0.397. The van der Waals surface area contributed by atoms with E-state index in [9.17, 15) is 5.11 Å². The normalized spacial score (nSPS) is 12.3. The highest BCUT2D eigenvalue weighted by molar-refractivity contribution is 5.34. The van der Waals surface area contributed by atoms with Gasteiger partial charge in [0.15, 0.2) is 0 Å². The van der Waals surface area contributed by atoms with Crippen molar-refractivity contribution in [3.63, 3.8) is 0 Å². The van der Waals surface area contributed by atoms with E-state index < -0.39 is 6.10 Å². The van der Waals surface area contributed by atoms with Gasteiger partial charge in [0, 0.05) is 5.56 Å². The van der Waals surface area contributed by atoms with E-state index in [2.05, 4.69) is 6.92 Å². The molecule has 0 saturated heterocycles. The molecule has 0 aliphatic carbocycles. The molecule has 1 aromatic rings. The number of ether oxygens (including phenoxy) is 1. The first-order valence-electron chi connectivity index (χ1n) is 8.10. The van der Waals surface area contributed by atoms with E-state index in [1.165, 1.54) is 44.9 Å². The number of rotatable bonds is 11. The molecule has 1 N–H and O–H groups in total. The van der Waals surface area contributed by atoms with Gasteiger partial charge in [-0.25, -0.2) is 0 Å². The Morgan fingerprint density at radius 2 is 1.55 bits per heavy atom. The van der Waals surface area contributed by atoms with Crippen LogP contribution in [0.15, 0.2) is 24.3 Å². The van der Waals surface area contributed by atoms with Crippen LogP contribution in [0.2, 0.25) is 0 Å². The maximum atomic E-state index is 10.2. The third kappa shape index (κ3) is 6.42. The van der Waals surface area contributed by atoms with E-state index in [-0.39, 0.29) is 0 Å². The Morgan fingerprint density at radius 1 is 0.950 bits per heavy atom. The zero-order valence-electron chi connectivity index (χ0n) is 13.1. The van der Waals surface area contributed by atoms with Crippen LogP contribution in [0, 0.1) is 0 Å². The predicted octanol–water partition coefficient (Wildman–Crippen LogP) is 5.26. The molecule has 0 fully saturated rings. The number of hydrogen-bond donors (Lipinski definition) is 1. The molecule has 20 heavy (non-hydrogen) atoms. The molecule has 1 atom stereocenters. The van der Waals surface area contributed by atoms with Crippen LogP contribution in [0.25, 0.3) is 0 Å². The molecule has 1 rings (SSSR count). The third-order valence-corrected chi connectivity index (χ3v) is 3.83. The fourth-order valence-corrected chi connectivity index (χ4v) is 2.57. The minimum Gasteiger partial charge on any atom is -0.496 e. The van der Waals surface area contributed by atoms with E-state index in [1.54, 1.807) is 7.11 Å². The smallest absolute Gasteiger partial charge is 0.124 e. The summed E-state index contributed by atoms with van der Waals surface area (Å²) in [5, 5.41) is 10.2. The first kappa shape index (κ1) is 17.0. The molecule has 0 aliphatic rings. The zero-order valence-corrected chi connectivity index (χ0v) is 13.1. The highest BCUT2D eigenvalue weighted by Gasteiger charge is 2.11. The van der Waals surface area contributed by atoms with Crippen molar-refractivity contribution in [3.05, 3.63) is 29.8 Å². The average Bonchev–Trinajstić information content (AvgIpc) is 2.49. The number of methoxy groups -OCH3 is 1. The van der Waals surface area contributed by atoms with Crippen molar-refractivity contribution in [2.24, 2.45) is 0 Å². The second-order valence-electron chi connectivity index (χ2n) is 5.52. The quantitative estimate of drug-likeness (QED) is 0.559. The second-order valence-corrected chi connectivity index (χ2v) is 5.52. The summed E-state index contributed by atoms with van der Waals surface area (Å²) in [6, 6.07) is 7.75. The summed E-state index contributed by atoms with van der Waals surface area (Å²) in [7, 11) is 1.65. The fraction of sp³-hybridized carbons (Fsp3) is 0.667. The SMILES string of the molecule is CCCCCCCCCCC(O)c1ccccc1OC. The number of hydrogen-bond acceptors (Lipinski definition) is 2. The molecule has 0 radical (unpaired) electrons. The molecule has 2 heteroatoms. The van der Waals surface area contributed by atoms with Gasteiger partial charge in [0.25, 0.3) is 0 Å². The molecule has 0 bridgehead atoms. The van der Waals surface area contributed by atoms with Gasteiger partial charge >= 0.3 is 0 Å². The third-order valence-electron chi connectivity index (χ3n) is 3.83. The molecule has 0 heterocycles. The van der Waals surface area contributed by atoms with Crippen molar-refractivity contribution in [1.29, 1.82) is 0 Å². The maximum Gasteiger partial charge on any atom is 0.124 e. The molecular weight excluding hydrogens is 248 g/mol. The number of benzene rings is 1. The molecule has 2 nitrogen and oxygen atoms in total. The largest absolute Gasteiger partial charge is 0.496 e. The Balaban J connectivity index is 2.15. The van der Waals surface area contributed by atoms with Crippen LogP contribution < -0.4 is 4.74 Å². The minimum absolute atomic E-state index is 0.397. The van der Waals surface area contributed by atoms with Crippen LogP contribution >= 0.6 is 0 Å². The summed E-state index contributed by atoms with van der Waals surface area (Å²) in [6.07, 6.45) is 10.8. The van der Waals surface area contributed by atoms with Gasteiger partial charge < -0.3 is 9.84 Å². The standard InChI is InChI=1S/C18H30O2/c1-3-4-5-6-7-8-9-10-14-17(19)16-13-11-12-15-18(16)20-2/h11-13,15,17,19H,3-10,14H2,1-2H3. The Hall–Kier alpha value is -1.02. The van der Waals surface area contributed by atoms with E-state index in [0.717, 1.165) is 24.2 Å². The molecule has 0 amide bonds. The van der Waals surface area contributed by atoms with Crippen molar-refractivity contribution in [3.8, 4) is 5.75 Å². The molecule has 0 spiro atoms. The summed E-state index contributed by atoms with van der Waals surface area (Å²) < 4.78 is 5.29. The summed E-state index contributed by atoms with van der Waals surface area (Å²) in [5.74, 6) is 0.791. The van der Waals surface area contributed by atoms with Crippen LogP contribution in [0.1, 0.15) is 76.4 Å². The first-order chi connectivity index (χ1) is 9.79. The van der Waals surface area contributed by atoms with Crippen molar-refractivity contribution in [2.75, 3.05) is 7.11 Å². The van der Waals surface area contributed by atoms with Crippen molar-refractivity contribution >= 4 is 0 Å². The predicted molar refractivity (Wildman–Crippen MR) is 85.2 cm³/mol. The lowest BCUT2D eigenvalue weighted by Crippen LogP contribution is -2.00. The summed E-state index contributed by atoms with van der Waals surface area (Å²) >= 11 is 0. The molecule has 0 aliphatic heterocycles. The van der Waals surface area contributed by atoms with Gasteiger partial charge in [-0.3, -0.25) is 0 Å². The zero-order chi connectivity index (χ0) is 14.6. The number of aliphatic hydroxyl groups excluding tert-OH is 1. The van der Waals surface area contributed by atoms with Crippen LogP contribution in [-0.4, -0.2) is 12.2 Å². The molecular formula is C18H30O2. The summed E-state index contributed by atoms with van der Waals surface area (Å²) in [4.78, 5) is 0. The maximum absolute atomic E-state index is 10.2. The Bertz CT molecular complexity index is 349. The molecule has 1 aromatic carbocycles. The van der Waals surface area contributed by atoms with E-state index in [4.69, 9.17) is 4.74 Å². The highest BCUT2D eigenvalue weighted by atomic mass is 16.5. The van der Waals surface area contributed by atoms with Gasteiger partial charge in [0.2, 0.25) is 0 Å². The van der Waals surface area contributed by atoms with Crippen LogP contribution in [0.5, 0.6) is 5.75 Å². The second kappa shape index (κ2) is 10.7. The van der Waals surface area contributed by atoms with Gasteiger partial charge in [-0.15, -0.1) is 0 Å². The first-order valence-corrected chi connectivity index (χ1v) is 8.10. The van der Waals surface area contributed by atoms with Crippen LogP contribution in [-0.2, 0) is 0 Å². The van der Waals surface area contributed by atoms with Gasteiger partial charge in [0.1, 0.15) is 5.75 Å². The number of aliphatic hydroxyl groups is 1. The monoisotopic (exact) mass is 278 g/mol. The van der Waals surface area contributed by atoms with Gasteiger partial charge in [-0.05, 0) is 12.5 Å². The van der Waals surface area contributed by atoms with E-state index in [0.29, 0.717) is 0 Å². The van der Waals surface area contributed by atoms with Gasteiger partial charge in [-0.2, -0.15) is 0 Å². The Labute approximate surface area is 124 Å². The van der Waals surface area contributed by atoms with Crippen molar-refractivity contribution in [1.82, 2.24) is 0 Å². The number of unbranched alkanes of at least 4 members (excludes halogenated alkanes) is 7. The Morgan fingerprint density at radius 3 is 2.20 bits per heavy atom. The summed E-state index contributed by atoms with van der Waals surface area (Å²) in [5.41, 5.74) is 0.915. The van der Waals surface area contributed by atoms with E-state index in [1.807, 2.05) is 24.3 Å². The van der Waals surface area contributed by atoms with Gasteiger partial charge in [0.05, 0.1) is 13.2 Å².